The predicted octanol–water partition coefficient (Wildman–Crippen LogP) is 3.22. The summed E-state index contributed by atoms with van der Waals surface area (Å²) in [4.78, 5) is 3.98. The minimum absolute atomic E-state index is 0.454. The number of nitrogen functional groups attached to an aromatic ring is 1. The maximum atomic E-state index is 5.57. The van der Waals surface area contributed by atoms with Gasteiger partial charge in [-0.05, 0) is 28.1 Å². The molecular weight excluding hydrogens is 256 g/mol. The highest BCUT2D eigenvalue weighted by atomic mass is 79.9. The van der Waals surface area contributed by atoms with E-state index in [1.54, 1.807) is 12.3 Å². The third-order valence-electron chi connectivity index (χ3n) is 1.82. The first-order valence-corrected chi connectivity index (χ1v) is 5.19. The van der Waals surface area contributed by atoms with Crippen LogP contribution in [0.15, 0.2) is 47.1 Å². The molecule has 2 aromatic rings. The Morgan fingerprint density at radius 3 is 2.53 bits per heavy atom. The summed E-state index contributed by atoms with van der Waals surface area (Å²) in [5.41, 5.74) is 5.57. The minimum atomic E-state index is 0.454. The molecule has 0 aliphatic carbocycles. The highest BCUT2D eigenvalue weighted by Gasteiger charge is 2.01. The van der Waals surface area contributed by atoms with Crippen molar-refractivity contribution in [2.75, 3.05) is 5.73 Å². The van der Waals surface area contributed by atoms with Crippen LogP contribution in [0, 0.1) is 0 Å². The zero-order chi connectivity index (χ0) is 10.7. The van der Waals surface area contributed by atoms with Crippen LogP contribution in [0.25, 0.3) is 0 Å². The Balaban J connectivity index is 2.22. The zero-order valence-electron chi connectivity index (χ0n) is 7.85. The first-order chi connectivity index (χ1) is 7.25. The second-order valence-electron chi connectivity index (χ2n) is 2.95. The number of aromatic nitrogens is 1. The number of hydrogen-bond acceptors (Lipinski definition) is 3. The molecule has 0 amide bonds. The van der Waals surface area contributed by atoms with E-state index in [0.29, 0.717) is 11.6 Å². The van der Waals surface area contributed by atoms with Gasteiger partial charge in [0.25, 0.3) is 0 Å². The second-order valence-corrected chi connectivity index (χ2v) is 3.81. The molecule has 0 unspecified atom stereocenters. The number of ether oxygens (including phenoxy) is 1. The van der Waals surface area contributed by atoms with Gasteiger partial charge in [0.1, 0.15) is 17.3 Å². The molecule has 2 rings (SSSR count). The van der Waals surface area contributed by atoms with Crippen molar-refractivity contribution in [2.24, 2.45) is 0 Å². The summed E-state index contributed by atoms with van der Waals surface area (Å²) in [6.45, 7) is 0. The lowest BCUT2D eigenvalue weighted by molar-refractivity contribution is 0.480. The second kappa shape index (κ2) is 4.31. The molecule has 3 nitrogen and oxygen atoms in total. The molecular formula is C11H9BrN2O. The number of anilines is 1. The number of halogens is 1. The number of hydrogen-bond donors (Lipinski definition) is 1. The van der Waals surface area contributed by atoms with Gasteiger partial charge in [-0.3, -0.25) is 0 Å². The van der Waals surface area contributed by atoms with Crippen molar-refractivity contribution in [3.63, 3.8) is 0 Å². The number of pyridine rings is 1. The summed E-state index contributed by atoms with van der Waals surface area (Å²) in [7, 11) is 0. The molecule has 0 radical (unpaired) electrons. The van der Waals surface area contributed by atoms with Gasteiger partial charge in [-0.2, -0.15) is 0 Å². The summed E-state index contributed by atoms with van der Waals surface area (Å²) in [5, 5.41) is 0. The molecule has 0 spiro atoms. The molecule has 4 heteroatoms. The zero-order valence-corrected chi connectivity index (χ0v) is 9.44. The average molecular weight is 265 g/mol. The van der Waals surface area contributed by atoms with E-state index in [9.17, 15) is 0 Å². The van der Waals surface area contributed by atoms with Gasteiger partial charge < -0.3 is 10.5 Å². The third-order valence-corrected chi connectivity index (χ3v) is 2.46. The van der Waals surface area contributed by atoms with Crippen LogP contribution >= 0.6 is 15.9 Å². The maximum absolute atomic E-state index is 5.57. The molecule has 0 fully saturated rings. The van der Waals surface area contributed by atoms with Crippen molar-refractivity contribution in [3.8, 4) is 11.5 Å². The highest BCUT2D eigenvalue weighted by Crippen LogP contribution is 2.25. The Morgan fingerprint density at radius 2 is 1.87 bits per heavy atom. The fourth-order valence-corrected chi connectivity index (χ4v) is 1.44. The van der Waals surface area contributed by atoms with Crippen molar-refractivity contribution in [3.05, 3.63) is 47.1 Å². The van der Waals surface area contributed by atoms with E-state index in [0.717, 1.165) is 10.2 Å². The SMILES string of the molecule is Nc1ncc(Oc2ccccc2)cc1Br. The van der Waals surface area contributed by atoms with Crippen LogP contribution in [0.4, 0.5) is 5.82 Å². The van der Waals surface area contributed by atoms with Crippen LogP contribution in [0.2, 0.25) is 0 Å². The predicted molar refractivity (Wildman–Crippen MR) is 62.9 cm³/mol. The Hall–Kier alpha value is -1.55. The molecule has 0 aliphatic heterocycles. The number of benzene rings is 1. The van der Waals surface area contributed by atoms with Crippen molar-refractivity contribution in [2.45, 2.75) is 0 Å². The Labute approximate surface area is 96.0 Å². The smallest absolute Gasteiger partial charge is 0.147 e. The molecule has 2 N–H and O–H groups in total. The summed E-state index contributed by atoms with van der Waals surface area (Å²) in [5.74, 6) is 1.88. The number of nitrogens with two attached hydrogens (primary N) is 1. The molecule has 0 aliphatic rings. The molecule has 1 aromatic heterocycles. The lowest BCUT2D eigenvalue weighted by atomic mass is 10.3. The molecule has 15 heavy (non-hydrogen) atoms. The Bertz CT molecular complexity index is 459. The monoisotopic (exact) mass is 264 g/mol. The first kappa shape index (κ1) is 9.98. The van der Waals surface area contributed by atoms with Crippen molar-refractivity contribution >= 4 is 21.7 Å². The van der Waals surface area contributed by atoms with E-state index in [4.69, 9.17) is 10.5 Å². The molecule has 76 valence electrons. The molecule has 0 saturated heterocycles. The van der Waals surface area contributed by atoms with Gasteiger partial charge in [0, 0.05) is 6.07 Å². The fraction of sp³-hybridized carbons (Fsp3) is 0. The number of para-hydroxylation sites is 1. The van der Waals surface area contributed by atoms with Crippen molar-refractivity contribution < 1.29 is 4.74 Å². The number of rotatable bonds is 2. The van der Waals surface area contributed by atoms with E-state index < -0.39 is 0 Å². The summed E-state index contributed by atoms with van der Waals surface area (Å²) < 4.78 is 6.30. The van der Waals surface area contributed by atoms with Gasteiger partial charge in [-0.25, -0.2) is 4.98 Å². The van der Waals surface area contributed by atoms with Gasteiger partial charge in [-0.15, -0.1) is 0 Å². The lowest BCUT2D eigenvalue weighted by Gasteiger charge is -2.05. The van der Waals surface area contributed by atoms with Crippen LogP contribution in [0.5, 0.6) is 11.5 Å². The van der Waals surface area contributed by atoms with Crippen molar-refractivity contribution in [1.29, 1.82) is 0 Å². The van der Waals surface area contributed by atoms with Crippen LogP contribution in [-0.2, 0) is 0 Å². The molecule has 1 aromatic carbocycles. The van der Waals surface area contributed by atoms with E-state index in [2.05, 4.69) is 20.9 Å². The summed E-state index contributed by atoms with van der Waals surface area (Å²) in [6, 6.07) is 11.3. The fourth-order valence-electron chi connectivity index (χ4n) is 1.11. The quantitative estimate of drug-likeness (QED) is 0.906. The molecule has 0 atom stereocenters. The van der Waals surface area contributed by atoms with Gasteiger partial charge in [0.15, 0.2) is 0 Å². The normalized spacial score (nSPS) is 9.93. The van der Waals surface area contributed by atoms with Crippen LogP contribution in [0.1, 0.15) is 0 Å². The van der Waals surface area contributed by atoms with E-state index in [-0.39, 0.29) is 0 Å². The van der Waals surface area contributed by atoms with Crippen molar-refractivity contribution in [1.82, 2.24) is 4.98 Å². The lowest BCUT2D eigenvalue weighted by Crippen LogP contribution is -1.92. The number of nitrogens with zero attached hydrogens (tertiary/aromatic N) is 1. The van der Waals surface area contributed by atoms with Gasteiger partial charge in [0.2, 0.25) is 0 Å². The van der Waals surface area contributed by atoms with Crippen LogP contribution < -0.4 is 10.5 Å². The average Bonchev–Trinajstić information content (AvgIpc) is 2.25. The topological polar surface area (TPSA) is 48.1 Å². The first-order valence-electron chi connectivity index (χ1n) is 4.39. The van der Waals surface area contributed by atoms with Crippen LogP contribution in [0.3, 0.4) is 0 Å². The third kappa shape index (κ3) is 2.47. The van der Waals surface area contributed by atoms with Crippen LogP contribution in [-0.4, -0.2) is 4.98 Å². The van der Waals surface area contributed by atoms with E-state index in [1.807, 2.05) is 30.3 Å². The summed E-state index contributed by atoms with van der Waals surface area (Å²) in [6.07, 6.45) is 1.59. The van der Waals surface area contributed by atoms with Gasteiger partial charge in [-0.1, -0.05) is 18.2 Å². The largest absolute Gasteiger partial charge is 0.456 e. The Kier molecular flexibility index (Phi) is 2.87. The minimum Gasteiger partial charge on any atom is -0.456 e. The van der Waals surface area contributed by atoms with Gasteiger partial charge in [0.05, 0.1) is 10.7 Å². The highest BCUT2D eigenvalue weighted by molar-refractivity contribution is 9.10. The molecule has 1 heterocycles. The van der Waals surface area contributed by atoms with E-state index in [1.165, 1.54) is 0 Å². The van der Waals surface area contributed by atoms with Gasteiger partial charge >= 0.3 is 0 Å². The maximum Gasteiger partial charge on any atom is 0.147 e. The molecule has 0 saturated carbocycles. The van der Waals surface area contributed by atoms with E-state index >= 15 is 0 Å². The Morgan fingerprint density at radius 1 is 1.13 bits per heavy atom. The summed E-state index contributed by atoms with van der Waals surface area (Å²) >= 11 is 3.29. The standard InChI is InChI=1S/C11H9BrN2O/c12-10-6-9(7-14-11(10)13)15-8-4-2-1-3-5-8/h1-7H,(H2,13,14). The molecule has 0 bridgehead atoms.